The van der Waals surface area contributed by atoms with Gasteiger partial charge in [0.2, 0.25) is 0 Å². The van der Waals surface area contributed by atoms with E-state index in [9.17, 15) is 29.3 Å². The van der Waals surface area contributed by atoms with Crippen LogP contribution in [0.5, 0.6) is 0 Å². The number of benzene rings is 2. The molecular formula is C24H18Br2ClN3O6. The van der Waals surface area contributed by atoms with Crippen LogP contribution in [0.15, 0.2) is 48.5 Å². The van der Waals surface area contributed by atoms with E-state index in [0.717, 1.165) is 16.1 Å². The third-order valence-electron chi connectivity index (χ3n) is 7.20. The number of carbonyl (C=O) groups is 4. The van der Waals surface area contributed by atoms with Crippen molar-refractivity contribution in [3.05, 3.63) is 74.8 Å². The summed E-state index contributed by atoms with van der Waals surface area (Å²) in [7, 11) is 0. The molecule has 2 aromatic rings. The fourth-order valence-corrected chi connectivity index (χ4v) is 7.57. The lowest BCUT2D eigenvalue weighted by Gasteiger charge is -2.30. The van der Waals surface area contributed by atoms with Crippen LogP contribution >= 0.6 is 43.5 Å². The van der Waals surface area contributed by atoms with Gasteiger partial charge in [-0.15, -0.1) is 0 Å². The summed E-state index contributed by atoms with van der Waals surface area (Å²) in [4.78, 5) is 64.5. The van der Waals surface area contributed by atoms with Crippen molar-refractivity contribution in [3.8, 4) is 0 Å². The molecule has 3 aliphatic rings. The highest BCUT2D eigenvalue weighted by molar-refractivity contribution is 9.12. The van der Waals surface area contributed by atoms with Crippen LogP contribution < -0.4 is 0 Å². The third kappa shape index (κ3) is 3.97. The summed E-state index contributed by atoms with van der Waals surface area (Å²) in [5.41, 5.74) is -0.176. The van der Waals surface area contributed by atoms with Crippen LogP contribution in [0, 0.1) is 33.8 Å². The van der Waals surface area contributed by atoms with E-state index in [2.05, 4.69) is 31.9 Å². The van der Waals surface area contributed by atoms with E-state index in [1.165, 1.54) is 42.5 Å². The number of rotatable bonds is 6. The Bertz CT molecular complexity index is 1270. The summed E-state index contributed by atoms with van der Waals surface area (Å²) in [5.74, 6) is -3.76. The number of nitrogens with zero attached hydrogens (tertiary/aromatic N) is 3. The number of imide groups is 1. The maximum atomic E-state index is 13.6. The Kier molecular flexibility index (Phi) is 6.50. The van der Waals surface area contributed by atoms with Crippen LogP contribution in [0.25, 0.3) is 0 Å². The van der Waals surface area contributed by atoms with Crippen LogP contribution in [-0.4, -0.2) is 54.6 Å². The van der Waals surface area contributed by atoms with Crippen LogP contribution in [0.1, 0.15) is 27.1 Å². The predicted octanol–water partition coefficient (Wildman–Crippen LogP) is 4.27. The molecule has 2 aromatic carbocycles. The number of hydrogen-bond acceptors (Lipinski definition) is 6. The van der Waals surface area contributed by atoms with Gasteiger partial charge in [0.15, 0.2) is 5.78 Å². The van der Waals surface area contributed by atoms with Gasteiger partial charge in [-0.3, -0.25) is 29.3 Å². The SMILES string of the molecule is O=C(CN(C(=O)c1ccc(Cl)cc1)N1C(=O)[C@@H]2[C@H]3C[C@@H]([C@H](Br)[C@H]3Br)[C@H]2C1=O)c1cccc([N+](=O)[O-])c1. The zero-order valence-electron chi connectivity index (χ0n) is 18.4. The second-order valence-electron chi connectivity index (χ2n) is 9.09. The molecule has 0 unspecified atom stereocenters. The molecule has 2 bridgehead atoms. The van der Waals surface area contributed by atoms with Crippen LogP contribution in [0.4, 0.5) is 5.69 Å². The molecule has 6 atom stereocenters. The van der Waals surface area contributed by atoms with Gasteiger partial charge < -0.3 is 0 Å². The Morgan fingerprint density at radius 2 is 1.58 bits per heavy atom. The average Bonchev–Trinajstić information content (AvgIpc) is 3.47. The maximum Gasteiger partial charge on any atom is 0.273 e. The number of fused-ring (bicyclic) bond motifs is 5. The first-order chi connectivity index (χ1) is 17.1. The van der Waals surface area contributed by atoms with Crippen molar-refractivity contribution in [2.24, 2.45) is 23.7 Å². The first-order valence-electron chi connectivity index (χ1n) is 11.1. The highest BCUT2D eigenvalue weighted by atomic mass is 79.9. The Balaban J connectivity index is 1.51. The first kappa shape index (κ1) is 25.0. The van der Waals surface area contributed by atoms with Crippen molar-refractivity contribution >= 4 is 72.7 Å². The third-order valence-corrected chi connectivity index (χ3v) is 10.7. The fraction of sp³-hybridized carbons (Fsp3) is 0.333. The van der Waals surface area contributed by atoms with Crippen molar-refractivity contribution in [2.45, 2.75) is 16.1 Å². The molecule has 9 nitrogen and oxygen atoms in total. The minimum Gasteiger partial charge on any atom is -0.292 e. The van der Waals surface area contributed by atoms with E-state index in [4.69, 9.17) is 11.6 Å². The minimum atomic E-state index is -0.731. The van der Waals surface area contributed by atoms with Crippen molar-refractivity contribution in [2.75, 3.05) is 6.54 Å². The summed E-state index contributed by atoms with van der Waals surface area (Å²) in [6.45, 7) is -0.648. The molecule has 3 fully saturated rings. The molecule has 1 aliphatic heterocycles. The van der Waals surface area contributed by atoms with E-state index in [-0.39, 0.29) is 38.3 Å². The summed E-state index contributed by atoms with van der Waals surface area (Å²) < 4.78 is 0. The van der Waals surface area contributed by atoms with Crippen LogP contribution in [-0.2, 0) is 9.59 Å². The highest BCUT2D eigenvalue weighted by Gasteiger charge is 2.67. The van der Waals surface area contributed by atoms with Gasteiger partial charge in [0.05, 0.1) is 16.8 Å². The van der Waals surface area contributed by atoms with Gasteiger partial charge in [-0.25, -0.2) is 5.01 Å². The van der Waals surface area contributed by atoms with Crippen molar-refractivity contribution < 1.29 is 24.1 Å². The number of ketones is 1. The number of hydrogen-bond donors (Lipinski definition) is 0. The minimum absolute atomic E-state index is 0.00682. The average molecular weight is 640 g/mol. The van der Waals surface area contributed by atoms with Gasteiger partial charge in [-0.05, 0) is 42.5 Å². The summed E-state index contributed by atoms with van der Waals surface area (Å²) >= 11 is 13.2. The van der Waals surface area contributed by atoms with E-state index in [0.29, 0.717) is 11.4 Å². The largest absolute Gasteiger partial charge is 0.292 e. The molecule has 0 aromatic heterocycles. The zero-order chi connectivity index (χ0) is 25.9. The molecule has 1 heterocycles. The monoisotopic (exact) mass is 637 g/mol. The van der Waals surface area contributed by atoms with Crippen molar-refractivity contribution in [1.29, 1.82) is 0 Å². The molecule has 5 rings (SSSR count). The topological polar surface area (TPSA) is 118 Å². The molecule has 1 saturated heterocycles. The standard InChI is InChI=1S/C24H18Br2ClN3O6/c25-20-15-9-16(21(20)26)19-18(15)23(33)29(24(19)34)28(22(32)11-4-6-13(27)7-5-11)10-17(31)12-2-1-3-14(8-12)30(35)36/h1-8,15-16,18-21H,9-10H2/t15-,16-,18-,19-,20+,21+/m1/s1. The highest BCUT2D eigenvalue weighted by Crippen LogP contribution is 2.60. The molecule has 186 valence electrons. The van der Waals surface area contributed by atoms with Gasteiger partial charge in [-0.2, -0.15) is 5.01 Å². The summed E-state index contributed by atoms with van der Waals surface area (Å²) in [5, 5.41) is 13.2. The quantitative estimate of drug-likeness (QED) is 0.153. The number of halogens is 3. The maximum absolute atomic E-state index is 13.6. The number of amides is 3. The molecule has 2 saturated carbocycles. The van der Waals surface area contributed by atoms with Gasteiger partial charge in [0.1, 0.15) is 6.54 Å². The number of nitro benzene ring substituents is 1. The Hall–Kier alpha value is -2.63. The molecule has 0 N–H and O–H groups in total. The fourth-order valence-electron chi connectivity index (χ4n) is 5.57. The first-order valence-corrected chi connectivity index (χ1v) is 13.3. The number of non-ortho nitro benzene ring substituents is 1. The summed E-state index contributed by atoms with van der Waals surface area (Å²) in [6.07, 6.45) is 0.713. The second kappa shape index (κ2) is 9.35. The van der Waals surface area contributed by atoms with E-state index >= 15 is 0 Å². The molecular weight excluding hydrogens is 622 g/mol. The van der Waals surface area contributed by atoms with E-state index in [1.54, 1.807) is 0 Å². The van der Waals surface area contributed by atoms with Crippen molar-refractivity contribution in [1.82, 2.24) is 10.0 Å². The van der Waals surface area contributed by atoms with Gasteiger partial charge in [0.25, 0.3) is 23.4 Å². The number of hydrazine groups is 1. The number of Topliss-reactive ketones (excluding diaryl/α,β-unsaturated/α-hetero) is 1. The van der Waals surface area contributed by atoms with Crippen molar-refractivity contribution in [3.63, 3.8) is 0 Å². The Morgan fingerprint density at radius 3 is 2.14 bits per heavy atom. The molecule has 36 heavy (non-hydrogen) atoms. The second-order valence-corrected chi connectivity index (χ2v) is 11.6. The number of carbonyl (C=O) groups excluding carboxylic acids is 4. The number of alkyl halides is 2. The lowest BCUT2D eigenvalue weighted by Crippen LogP contribution is -2.52. The Labute approximate surface area is 227 Å². The van der Waals surface area contributed by atoms with Crippen LogP contribution in [0.2, 0.25) is 5.02 Å². The molecule has 0 spiro atoms. The lowest BCUT2D eigenvalue weighted by atomic mass is 9.81. The Morgan fingerprint density at radius 1 is 1.00 bits per heavy atom. The molecule has 3 amide bonds. The number of nitro groups is 1. The van der Waals surface area contributed by atoms with Gasteiger partial charge in [-0.1, -0.05) is 55.6 Å². The molecule has 12 heteroatoms. The summed E-state index contributed by atoms with van der Waals surface area (Å²) in [6, 6.07) is 10.9. The normalized spacial score (nSPS) is 28.4. The van der Waals surface area contributed by atoms with E-state index < -0.39 is 46.8 Å². The smallest absolute Gasteiger partial charge is 0.273 e. The molecule has 2 aliphatic carbocycles. The van der Waals surface area contributed by atoms with Crippen LogP contribution in [0.3, 0.4) is 0 Å². The van der Waals surface area contributed by atoms with Gasteiger partial charge >= 0.3 is 0 Å². The van der Waals surface area contributed by atoms with Gasteiger partial charge in [0, 0.05) is 37.9 Å². The zero-order valence-corrected chi connectivity index (χ0v) is 22.4. The lowest BCUT2D eigenvalue weighted by molar-refractivity contribution is -0.384. The van der Waals surface area contributed by atoms with E-state index in [1.807, 2.05) is 0 Å². The predicted molar refractivity (Wildman–Crippen MR) is 136 cm³/mol. The molecule has 0 radical (unpaired) electrons.